The fourth-order valence-electron chi connectivity index (χ4n) is 1.38. The lowest BCUT2D eigenvalue weighted by molar-refractivity contribution is 0.402. The number of ether oxygens (including phenoxy) is 2. The van der Waals surface area contributed by atoms with Crippen molar-refractivity contribution in [1.82, 2.24) is 4.98 Å². The molecule has 4 nitrogen and oxygen atoms in total. The number of nitrogen functional groups attached to an aromatic ring is 1. The molecule has 8 heteroatoms. The standard InChI is InChI=1S/C12H8Br2F2N2O2/c1-19-9-2-6(14)10(3-5(9)13)20-12-8(16)4-7(15)11(17)18-12/h2-4H,1H3,(H2,17,18). The van der Waals surface area contributed by atoms with Gasteiger partial charge in [-0.15, -0.1) is 0 Å². The third kappa shape index (κ3) is 3.01. The number of halogens is 4. The highest BCUT2D eigenvalue weighted by Crippen LogP contribution is 2.38. The van der Waals surface area contributed by atoms with Crippen LogP contribution in [0, 0.1) is 11.6 Å². The molecule has 0 atom stereocenters. The maximum atomic E-state index is 13.6. The molecule has 0 amide bonds. The molecule has 2 aromatic rings. The van der Waals surface area contributed by atoms with Crippen LogP contribution in [-0.4, -0.2) is 12.1 Å². The highest BCUT2D eigenvalue weighted by molar-refractivity contribution is 9.11. The molecule has 0 saturated heterocycles. The van der Waals surface area contributed by atoms with Gasteiger partial charge in [0.25, 0.3) is 5.88 Å². The lowest BCUT2D eigenvalue weighted by atomic mass is 10.3. The monoisotopic (exact) mass is 408 g/mol. The molecule has 0 radical (unpaired) electrons. The minimum Gasteiger partial charge on any atom is -0.496 e. The molecule has 0 aliphatic carbocycles. The normalized spacial score (nSPS) is 10.4. The maximum absolute atomic E-state index is 13.6. The largest absolute Gasteiger partial charge is 0.496 e. The molecule has 0 bridgehead atoms. The molecule has 1 aromatic carbocycles. The molecular weight excluding hydrogens is 402 g/mol. The number of hydrogen-bond donors (Lipinski definition) is 1. The highest BCUT2D eigenvalue weighted by Gasteiger charge is 2.15. The fourth-order valence-corrected chi connectivity index (χ4v) is 2.27. The average Bonchev–Trinajstić information content (AvgIpc) is 2.39. The van der Waals surface area contributed by atoms with Crippen molar-refractivity contribution >= 4 is 37.7 Å². The third-order valence-electron chi connectivity index (χ3n) is 2.34. The van der Waals surface area contributed by atoms with E-state index in [0.29, 0.717) is 20.8 Å². The van der Waals surface area contributed by atoms with Gasteiger partial charge in [-0.2, -0.15) is 4.98 Å². The lowest BCUT2D eigenvalue weighted by Gasteiger charge is -2.11. The van der Waals surface area contributed by atoms with E-state index in [1.807, 2.05) is 0 Å². The van der Waals surface area contributed by atoms with E-state index < -0.39 is 23.3 Å². The molecule has 0 spiro atoms. The van der Waals surface area contributed by atoms with Gasteiger partial charge in [0.05, 0.1) is 16.1 Å². The summed E-state index contributed by atoms with van der Waals surface area (Å²) in [5.74, 6) is -1.90. The van der Waals surface area contributed by atoms with Gasteiger partial charge in [0.15, 0.2) is 17.5 Å². The summed E-state index contributed by atoms with van der Waals surface area (Å²) < 4.78 is 38.1. The molecule has 20 heavy (non-hydrogen) atoms. The summed E-state index contributed by atoms with van der Waals surface area (Å²) in [6, 6.07) is 3.80. The maximum Gasteiger partial charge on any atom is 0.258 e. The van der Waals surface area contributed by atoms with Gasteiger partial charge in [0, 0.05) is 6.07 Å². The Morgan fingerprint density at radius 2 is 1.65 bits per heavy atom. The SMILES string of the molecule is COc1cc(Br)c(Oc2nc(N)c(F)cc2F)cc1Br. The number of anilines is 1. The third-order valence-corrected chi connectivity index (χ3v) is 3.58. The van der Waals surface area contributed by atoms with E-state index in [1.54, 1.807) is 12.1 Å². The Labute approximate surface area is 130 Å². The smallest absolute Gasteiger partial charge is 0.258 e. The molecule has 0 aliphatic heterocycles. The Morgan fingerprint density at radius 1 is 1.05 bits per heavy atom. The van der Waals surface area contributed by atoms with E-state index in [-0.39, 0.29) is 5.75 Å². The molecule has 0 unspecified atom stereocenters. The first-order valence-corrected chi connectivity index (χ1v) is 6.83. The van der Waals surface area contributed by atoms with Crippen LogP contribution in [-0.2, 0) is 0 Å². The number of nitrogens with two attached hydrogens (primary N) is 1. The van der Waals surface area contributed by atoms with Crippen LogP contribution < -0.4 is 15.2 Å². The molecule has 1 aromatic heterocycles. The van der Waals surface area contributed by atoms with Gasteiger partial charge >= 0.3 is 0 Å². The van der Waals surface area contributed by atoms with E-state index in [9.17, 15) is 8.78 Å². The van der Waals surface area contributed by atoms with E-state index in [0.717, 1.165) is 0 Å². The summed E-state index contributed by atoms with van der Waals surface area (Å²) in [6.07, 6.45) is 0. The first kappa shape index (κ1) is 15.0. The van der Waals surface area contributed by atoms with Crippen LogP contribution in [0.25, 0.3) is 0 Å². The second kappa shape index (κ2) is 5.92. The van der Waals surface area contributed by atoms with Crippen LogP contribution in [0.2, 0.25) is 0 Å². The van der Waals surface area contributed by atoms with Crippen molar-refractivity contribution in [2.45, 2.75) is 0 Å². The molecular formula is C12H8Br2F2N2O2. The zero-order chi connectivity index (χ0) is 14.9. The number of aromatic nitrogens is 1. The van der Waals surface area contributed by atoms with Crippen LogP contribution in [0.1, 0.15) is 0 Å². The number of rotatable bonds is 3. The molecule has 0 saturated carbocycles. The van der Waals surface area contributed by atoms with Crippen LogP contribution in [0.15, 0.2) is 27.1 Å². The second-order valence-corrected chi connectivity index (χ2v) is 5.37. The number of hydrogen-bond acceptors (Lipinski definition) is 4. The van der Waals surface area contributed by atoms with Gasteiger partial charge < -0.3 is 15.2 Å². The molecule has 0 aliphatic rings. The minimum absolute atomic E-state index is 0.273. The van der Waals surface area contributed by atoms with Gasteiger partial charge in [-0.25, -0.2) is 8.78 Å². The van der Waals surface area contributed by atoms with Gasteiger partial charge in [0.2, 0.25) is 0 Å². The highest BCUT2D eigenvalue weighted by atomic mass is 79.9. The van der Waals surface area contributed by atoms with Gasteiger partial charge in [-0.05, 0) is 44.0 Å². The summed E-state index contributed by atoms with van der Waals surface area (Å²) in [5, 5.41) is 0. The molecule has 2 rings (SSSR count). The van der Waals surface area contributed by atoms with Crippen molar-refractivity contribution in [2.75, 3.05) is 12.8 Å². The topological polar surface area (TPSA) is 57.4 Å². The van der Waals surface area contributed by atoms with Gasteiger partial charge in [-0.3, -0.25) is 0 Å². The summed E-state index contributed by atoms with van der Waals surface area (Å²) >= 11 is 6.53. The predicted octanol–water partition coefficient (Wildman–Crippen LogP) is 4.27. The Hall–Kier alpha value is -1.41. The number of benzene rings is 1. The summed E-state index contributed by atoms with van der Waals surface area (Å²) in [5.41, 5.74) is 5.28. The van der Waals surface area contributed by atoms with E-state index in [1.165, 1.54) is 7.11 Å². The Morgan fingerprint density at radius 3 is 2.30 bits per heavy atom. The van der Waals surface area contributed by atoms with Crippen LogP contribution in [0.4, 0.5) is 14.6 Å². The van der Waals surface area contributed by atoms with Crippen molar-refractivity contribution in [3.8, 4) is 17.4 Å². The fraction of sp³-hybridized carbons (Fsp3) is 0.0833. The summed E-state index contributed by atoms with van der Waals surface area (Å²) in [4.78, 5) is 3.52. The van der Waals surface area contributed by atoms with E-state index >= 15 is 0 Å². The molecule has 2 N–H and O–H groups in total. The predicted molar refractivity (Wildman–Crippen MR) is 77.0 cm³/mol. The number of pyridine rings is 1. The molecule has 0 fully saturated rings. The zero-order valence-electron chi connectivity index (χ0n) is 10.1. The van der Waals surface area contributed by atoms with Crippen LogP contribution in [0.3, 0.4) is 0 Å². The zero-order valence-corrected chi connectivity index (χ0v) is 13.3. The van der Waals surface area contributed by atoms with Crippen molar-refractivity contribution in [3.05, 3.63) is 38.8 Å². The van der Waals surface area contributed by atoms with Gasteiger partial charge in [-0.1, -0.05) is 0 Å². The van der Waals surface area contributed by atoms with Crippen LogP contribution in [0.5, 0.6) is 17.4 Å². The number of methoxy groups -OCH3 is 1. The lowest BCUT2D eigenvalue weighted by Crippen LogP contribution is -2.00. The minimum atomic E-state index is -0.949. The Kier molecular flexibility index (Phi) is 4.44. The first-order chi connectivity index (χ1) is 9.42. The van der Waals surface area contributed by atoms with Crippen molar-refractivity contribution in [3.63, 3.8) is 0 Å². The summed E-state index contributed by atoms with van der Waals surface area (Å²) in [6.45, 7) is 0. The van der Waals surface area contributed by atoms with E-state index in [4.69, 9.17) is 15.2 Å². The van der Waals surface area contributed by atoms with Crippen molar-refractivity contribution in [1.29, 1.82) is 0 Å². The van der Waals surface area contributed by atoms with Crippen molar-refractivity contribution in [2.24, 2.45) is 0 Å². The molecule has 1 heterocycles. The Bertz CT molecular complexity index is 668. The average molecular weight is 410 g/mol. The van der Waals surface area contributed by atoms with Crippen molar-refractivity contribution < 1.29 is 18.3 Å². The first-order valence-electron chi connectivity index (χ1n) is 5.24. The quantitative estimate of drug-likeness (QED) is 0.822. The van der Waals surface area contributed by atoms with Gasteiger partial charge in [0.1, 0.15) is 11.5 Å². The Balaban J connectivity index is 2.40. The summed E-state index contributed by atoms with van der Waals surface area (Å²) in [7, 11) is 1.51. The number of nitrogens with zero attached hydrogens (tertiary/aromatic N) is 1. The molecule has 106 valence electrons. The van der Waals surface area contributed by atoms with Crippen LogP contribution >= 0.6 is 31.9 Å². The van der Waals surface area contributed by atoms with E-state index in [2.05, 4.69) is 36.8 Å². The second-order valence-electron chi connectivity index (χ2n) is 3.66.